The normalized spacial score (nSPS) is 11.3. The van der Waals surface area contributed by atoms with Crippen LogP contribution in [0.25, 0.3) is 10.8 Å². The number of hydrogen-bond donors (Lipinski definition) is 2. The van der Waals surface area contributed by atoms with E-state index in [2.05, 4.69) is 15.2 Å². The van der Waals surface area contributed by atoms with Crippen LogP contribution in [0.5, 0.6) is 0 Å². The summed E-state index contributed by atoms with van der Waals surface area (Å²) in [5.41, 5.74) is 1.08. The molecule has 7 nitrogen and oxygen atoms in total. The SMILES string of the molecule is Cc1oncc1C(=O)Nc1cccc(NS(=O)(=O)c2ccc3ccccc3c2)c1. The fourth-order valence-electron chi connectivity index (χ4n) is 2.92. The van der Waals surface area contributed by atoms with Crippen molar-refractivity contribution in [2.45, 2.75) is 11.8 Å². The van der Waals surface area contributed by atoms with Crippen LogP contribution in [0, 0.1) is 6.92 Å². The van der Waals surface area contributed by atoms with Crippen molar-refractivity contribution >= 4 is 38.1 Å². The minimum absolute atomic E-state index is 0.158. The van der Waals surface area contributed by atoms with E-state index in [4.69, 9.17) is 4.52 Å². The van der Waals surface area contributed by atoms with Gasteiger partial charge in [-0.3, -0.25) is 9.52 Å². The monoisotopic (exact) mass is 407 g/mol. The summed E-state index contributed by atoms with van der Waals surface area (Å²) in [4.78, 5) is 12.4. The topological polar surface area (TPSA) is 101 Å². The van der Waals surface area contributed by atoms with Crippen LogP contribution in [0.4, 0.5) is 11.4 Å². The Labute approximate surface area is 167 Å². The number of anilines is 2. The molecule has 0 atom stereocenters. The first kappa shape index (κ1) is 18.7. The van der Waals surface area contributed by atoms with Gasteiger partial charge in [-0.05, 0) is 48.0 Å². The van der Waals surface area contributed by atoms with Crippen molar-refractivity contribution in [2.75, 3.05) is 10.0 Å². The maximum Gasteiger partial charge on any atom is 0.261 e. The molecule has 0 bridgehead atoms. The summed E-state index contributed by atoms with van der Waals surface area (Å²) in [5.74, 6) is 0.00829. The van der Waals surface area contributed by atoms with Crippen LogP contribution in [-0.2, 0) is 10.0 Å². The van der Waals surface area contributed by atoms with Gasteiger partial charge in [-0.25, -0.2) is 8.42 Å². The molecular weight excluding hydrogens is 390 g/mol. The van der Waals surface area contributed by atoms with Gasteiger partial charge < -0.3 is 9.84 Å². The zero-order valence-electron chi connectivity index (χ0n) is 15.4. The van der Waals surface area contributed by atoms with Gasteiger partial charge in [0.2, 0.25) is 0 Å². The van der Waals surface area contributed by atoms with Crippen molar-refractivity contribution in [3.8, 4) is 0 Å². The first-order valence-corrected chi connectivity index (χ1v) is 10.2. The summed E-state index contributed by atoms with van der Waals surface area (Å²) in [6.45, 7) is 1.63. The lowest BCUT2D eigenvalue weighted by Gasteiger charge is -2.11. The van der Waals surface area contributed by atoms with E-state index >= 15 is 0 Å². The van der Waals surface area contributed by atoms with Gasteiger partial charge >= 0.3 is 0 Å². The molecule has 146 valence electrons. The third-order valence-corrected chi connectivity index (χ3v) is 5.78. The zero-order valence-corrected chi connectivity index (χ0v) is 16.2. The number of nitrogens with one attached hydrogen (secondary N) is 2. The summed E-state index contributed by atoms with van der Waals surface area (Å²) in [6.07, 6.45) is 1.33. The molecule has 29 heavy (non-hydrogen) atoms. The Balaban J connectivity index is 1.56. The Bertz CT molecular complexity index is 1310. The molecule has 0 fully saturated rings. The molecule has 1 amide bonds. The lowest BCUT2D eigenvalue weighted by molar-refractivity contribution is 0.102. The molecule has 8 heteroatoms. The van der Waals surface area contributed by atoms with Crippen molar-refractivity contribution in [3.05, 3.63) is 84.3 Å². The van der Waals surface area contributed by atoms with Gasteiger partial charge in [0.05, 0.1) is 16.8 Å². The fourth-order valence-corrected chi connectivity index (χ4v) is 4.01. The maximum absolute atomic E-state index is 12.8. The summed E-state index contributed by atoms with van der Waals surface area (Å²) < 4.78 is 33.0. The third-order valence-electron chi connectivity index (χ3n) is 4.40. The van der Waals surface area contributed by atoms with Crippen LogP contribution in [0.15, 0.2) is 82.3 Å². The zero-order chi connectivity index (χ0) is 20.4. The highest BCUT2D eigenvalue weighted by molar-refractivity contribution is 7.92. The van der Waals surface area contributed by atoms with E-state index in [0.29, 0.717) is 22.7 Å². The lowest BCUT2D eigenvalue weighted by atomic mass is 10.1. The van der Waals surface area contributed by atoms with E-state index in [-0.39, 0.29) is 4.90 Å². The number of nitrogens with zero attached hydrogens (tertiary/aromatic N) is 1. The molecule has 4 aromatic rings. The van der Waals surface area contributed by atoms with Gasteiger partial charge in [-0.2, -0.15) is 0 Å². The van der Waals surface area contributed by atoms with E-state index in [1.54, 1.807) is 49.4 Å². The van der Waals surface area contributed by atoms with Gasteiger partial charge in [0, 0.05) is 5.69 Å². The second kappa shape index (κ2) is 7.40. The Morgan fingerprint density at radius 2 is 1.69 bits per heavy atom. The third kappa shape index (κ3) is 3.97. The number of amides is 1. The molecular formula is C21H17N3O4S. The fraction of sp³-hybridized carbons (Fsp3) is 0.0476. The van der Waals surface area contributed by atoms with Crippen molar-refractivity contribution in [1.82, 2.24) is 5.16 Å². The van der Waals surface area contributed by atoms with Gasteiger partial charge in [-0.1, -0.05) is 41.6 Å². The Kier molecular flexibility index (Phi) is 4.77. The predicted molar refractivity (Wildman–Crippen MR) is 110 cm³/mol. The quantitative estimate of drug-likeness (QED) is 0.517. The molecule has 1 heterocycles. The van der Waals surface area contributed by atoms with Crippen molar-refractivity contribution in [1.29, 1.82) is 0 Å². The van der Waals surface area contributed by atoms with Crippen molar-refractivity contribution < 1.29 is 17.7 Å². The number of fused-ring (bicyclic) bond motifs is 1. The van der Waals surface area contributed by atoms with Crippen LogP contribution in [0.2, 0.25) is 0 Å². The first-order chi connectivity index (χ1) is 13.9. The molecule has 1 aromatic heterocycles. The molecule has 4 rings (SSSR count). The average molecular weight is 407 g/mol. The Hall–Kier alpha value is -3.65. The highest BCUT2D eigenvalue weighted by Gasteiger charge is 2.16. The minimum Gasteiger partial charge on any atom is -0.361 e. The van der Waals surface area contributed by atoms with Crippen LogP contribution in [0.3, 0.4) is 0 Å². The van der Waals surface area contributed by atoms with Gasteiger partial charge in [-0.15, -0.1) is 0 Å². The molecule has 0 aliphatic heterocycles. The Morgan fingerprint density at radius 3 is 2.45 bits per heavy atom. The van der Waals surface area contributed by atoms with Crippen molar-refractivity contribution in [2.24, 2.45) is 0 Å². The number of carbonyl (C=O) groups is 1. The van der Waals surface area contributed by atoms with E-state index < -0.39 is 15.9 Å². The molecule has 0 aliphatic carbocycles. The smallest absolute Gasteiger partial charge is 0.261 e. The number of carbonyl (C=O) groups excluding carboxylic acids is 1. The maximum atomic E-state index is 12.8. The van der Waals surface area contributed by atoms with Crippen LogP contribution < -0.4 is 10.0 Å². The highest BCUT2D eigenvalue weighted by Crippen LogP contribution is 2.23. The standard InChI is InChI=1S/C21H17N3O4S/c1-14-20(13-22-28-14)21(25)23-17-7-4-8-18(12-17)24-29(26,27)19-10-9-15-5-2-3-6-16(15)11-19/h2-13,24H,1H3,(H,23,25). The number of hydrogen-bond acceptors (Lipinski definition) is 5. The molecule has 2 N–H and O–H groups in total. The van der Waals surface area contributed by atoms with Crippen molar-refractivity contribution in [3.63, 3.8) is 0 Å². The number of aryl methyl sites for hydroxylation is 1. The molecule has 0 radical (unpaired) electrons. The van der Waals surface area contributed by atoms with Crippen LogP contribution in [-0.4, -0.2) is 19.5 Å². The van der Waals surface area contributed by atoms with Crippen LogP contribution in [0.1, 0.15) is 16.1 Å². The molecule has 0 aliphatic rings. The molecule has 3 aromatic carbocycles. The highest BCUT2D eigenvalue weighted by atomic mass is 32.2. The second-order valence-electron chi connectivity index (χ2n) is 6.45. The molecule has 0 spiro atoms. The van der Waals surface area contributed by atoms with Gasteiger partial charge in [0.25, 0.3) is 15.9 Å². The summed E-state index contributed by atoms with van der Waals surface area (Å²) in [5, 5.41) is 8.07. The number of sulfonamides is 1. The minimum atomic E-state index is -3.79. The molecule has 0 unspecified atom stereocenters. The second-order valence-corrected chi connectivity index (χ2v) is 8.13. The average Bonchev–Trinajstić information content (AvgIpc) is 3.13. The molecule has 0 saturated carbocycles. The number of aromatic nitrogens is 1. The van der Waals surface area contributed by atoms with Crippen LogP contribution >= 0.6 is 0 Å². The Morgan fingerprint density at radius 1 is 0.931 bits per heavy atom. The van der Waals surface area contributed by atoms with Gasteiger partial charge in [0.15, 0.2) is 0 Å². The van der Waals surface area contributed by atoms with E-state index in [1.165, 1.54) is 6.20 Å². The summed E-state index contributed by atoms with van der Waals surface area (Å²) >= 11 is 0. The van der Waals surface area contributed by atoms with E-state index in [0.717, 1.165) is 10.8 Å². The largest absolute Gasteiger partial charge is 0.361 e. The lowest BCUT2D eigenvalue weighted by Crippen LogP contribution is -2.14. The van der Waals surface area contributed by atoms with E-state index in [9.17, 15) is 13.2 Å². The molecule has 0 saturated heterocycles. The van der Waals surface area contributed by atoms with E-state index in [1.807, 2.05) is 24.3 Å². The summed E-state index contributed by atoms with van der Waals surface area (Å²) in [6, 6.07) is 18.9. The number of benzene rings is 3. The van der Waals surface area contributed by atoms with Gasteiger partial charge in [0.1, 0.15) is 11.3 Å². The first-order valence-electron chi connectivity index (χ1n) is 8.77. The summed E-state index contributed by atoms with van der Waals surface area (Å²) in [7, 11) is -3.79. The number of rotatable bonds is 5. The predicted octanol–water partition coefficient (Wildman–Crippen LogP) is 4.19.